The van der Waals surface area contributed by atoms with Crippen LogP contribution in [0.1, 0.15) is 37.8 Å². The van der Waals surface area contributed by atoms with Crippen LogP contribution in [-0.4, -0.2) is 41.7 Å². The van der Waals surface area contributed by atoms with Crippen LogP contribution in [0.15, 0.2) is 30.3 Å². The maximum absolute atomic E-state index is 13.0. The highest BCUT2D eigenvalue weighted by molar-refractivity contribution is 5.84. The summed E-state index contributed by atoms with van der Waals surface area (Å²) in [6.45, 7) is 4.30. The molecule has 1 spiro atoms. The van der Waals surface area contributed by atoms with Crippen LogP contribution in [-0.2, 0) is 4.79 Å². The third kappa shape index (κ3) is 2.47. The highest BCUT2D eigenvalue weighted by atomic mass is 16.3. The lowest BCUT2D eigenvalue weighted by Gasteiger charge is -2.50. The summed E-state index contributed by atoms with van der Waals surface area (Å²) in [5.74, 6) is 0.205. The molecular formula is C17H24N2O2. The molecule has 4 nitrogen and oxygen atoms in total. The Hall–Kier alpha value is -1.39. The van der Waals surface area contributed by atoms with Crippen LogP contribution in [0.5, 0.6) is 0 Å². The van der Waals surface area contributed by atoms with Crippen molar-refractivity contribution in [2.24, 2.45) is 5.41 Å². The molecule has 114 valence electrons. The van der Waals surface area contributed by atoms with Gasteiger partial charge in [0, 0.05) is 13.1 Å². The van der Waals surface area contributed by atoms with Gasteiger partial charge in [-0.1, -0.05) is 30.3 Å². The van der Waals surface area contributed by atoms with Gasteiger partial charge in [0.2, 0.25) is 5.91 Å². The van der Waals surface area contributed by atoms with Crippen LogP contribution < -0.4 is 5.32 Å². The zero-order valence-corrected chi connectivity index (χ0v) is 12.6. The van der Waals surface area contributed by atoms with Crippen molar-refractivity contribution in [1.82, 2.24) is 10.2 Å². The van der Waals surface area contributed by atoms with Crippen LogP contribution in [0.25, 0.3) is 0 Å². The minimum Gasteiger partial charge on any atom is -0.391 e. The maximum atomic E-state index is 13.0. The van der Waals surface area contributed by atoms with Crippen molar-refractivity contribution < 1.29 is 9.90 Å². The minimum absolute atomic E-state index is 0.205. The number of nitrogens with zero attached hydrogens (tertiary/aromatic N) is 1. The molecule has 2 aliphatic rings. The van der Waals surface area contributed by atoms with Crippen LogP contribution in [0.4, 0.5) is 0 Å². The molecule has 2 fully saturated rings. The molecule has 0 unspecified atom stereocenters. The van der Waals surface area contributed by atoms with Gasteiger partial charge in [0.15, 0.2) is 0 Å². The van der Waals surface area contributed by atoms with E-state index < -0.39 is 11.5 Å². The van der Waals surface area contributed by atoms with E-state index in [2.05, 4.69) is 5.32 Å². The van der Waals surface area contributed by atoms with Crippen LogP contribution >= 0.6 is 0 Å². The highest BCUT2D eigenvalue weighted by Crippen LogP contribution is 2.44. The first-order valence-corrected chi connectivity index (χ1v) is 7.93. The standard InChI is InChI=1S/C17H24N2O2/c1-2-19-15(13-7-4-3-5-8-13)14(20)11-17(16(19)21)9-6-10-18-12-17/h3-5,7-8,14-15,18,20H,2,6,9-12H2,1H3/t14-,15+,17-/m1/s1. The van der Waals surface area contributed by atoms with Gasteiger partial charge < -0.3 is 15.3 Å². The number of piperidine rings is 2. The van der Waals surface area contributed by atoms with Gasteiger partial charge >= 0.3 is 0 Å². The number of nitrogens with one attached hydrogen (secondary N) is 1. The van der Waals surface area contributed by atoms with E-state index in [0.29, 0.717) is 19.5 Å². The summed E-state index contributed by atoms with van der Waals surface area (Å²) in [7, 11) is 0. The first kappa shape index (κ1) is 14.5. The molecule has 3 rings (SSSR count). The molecule has 4 heteroatoms. The number of benzene rings is 1. The first-order chi connectivity index (χ1) is 10.2. The molecule has 2 saturated heterocycles. The van der Waals surface area contributed by atoms with Crippen LogP contribution in [0.3, 0.4) is 0 Å². The number of rotatable bonds is 2. The number of amides is 1. The lowest BCUT2D eigenvalue weighted by molar-refractivity contribution is -0.161. The maximum Gasteiger partial charge on any atom is 0.230 e. The molecule has 3 atom stereocenters. The first-order valence-electron chi connectivity index (χ1n) is 7.93. The van der Waals surface area contributed by atoms with E-state index >= 15 is 0 Å². The molecule has 0 radical (unpaired) electrons. The number of hydrogen-bond acceptors (Lipinski definition) is 3. The second kappa shape index (κ2) is 5.78. The summed E-state index contributed by atoms with van der Waals surface area (Å²) in [5.41, 5.74) is 0.623. The molecule has 0 aromatic heterocycles. The zero-order chi connectivity index (χ0) is 14.9. The van der Waals surface area contributed by atoms with E-state index in [0.717, 1.165) is 24.9 Å². The van der Waals surface area contributed by atoms with Gasteiger partial charge in [0.25, 0.3) is 0 Å². The zero-order valence-electron chi connectivity index (χ0n) is 12.6. The van der Waals surface area contributed by atoms with Crippen molar-refractivity contribution in [2.75, 3.05) is 19.6 Å². The summed E-state index contributed by atoms with van der Waals surface area (Å²) in [4.78, 5) is 14.9. The Balaban J connectivity index is 1.93. The van der Waals surface area contributed by atoms with E-state index in [1.807, 2.05) is 42.2 Å². The van der Waals surface area contributed by atoms with Crippen molar-refractivity contribution in [3.8, 4) is 0 Å². The Kier molecular flexibility index (Phi) is 4.00. The molecule has 21 heavy (non-hydrogen) atoms. The molecule has 0 saturated carbocycles. The Morgan fingerprint density at radius 1 is 1.38 bits per heavy atom. The molecule has 1 aromatic rings. The number of carbonyl (C=O) groups excluding carboxylic acids is 1. The van der Waals surface area contributed by atoms with Crippen LogP contribution in [0.2, 0.25) is 0 Å². The summed E-state index contributed by atoms with van der Waals surface area (Å²) < 4.78 is 0. The van der Waals surface area contributed by atoms with Crippen molar-refractivity contribution in [3.05, 3.63) is 35.9 Å². The Labute approximate surface area is 126 Å². The van der Waals surface area contributed by atoms with Crippen molar-refractivity contribution in [1.29, 1.82) is 0 Å². The molecule has 2 heterocycles. The van der Waals surface area contributed by atoms with Crippen LogP contribution in [0, 0.1) is 5.41 Å². The number of likely N-dealkylation sites (tertiary alicyclic amines) is 1. The largest absolute Gasteiger partial charge is 0.391 e. The topological polar surface area (TPSA) is 52.6 Å². The van der Waals surface area contributed by atoms with E-state index in [-0.39, 0.29) is 11.9 Å². The van der Waals surface area contributed by atoms with E-state index in [4.69, 9.17) is 0 Å². The summed E-state index contributed by atoms with van der Waals surface area (Å²) >= 11 is 0. The normalized spacial score (nSPS) is 33.4. The molecule has 2 N–H and O–H groups in total. The average Bonchev–Trinajstić information content (AvgIpc) is 2.52. The van der Waals surface area contributed by atoms with Gasteiger partial charge in [-0.15, -0.1) is 0 Å². The Bertz CT molecular complexity index is 497. The van der Waals surface area contributed by atoms with E-state index in [9.17, 15) is 9.90 Å². The minimum atomic E-state index is -0.495. The third-order valence-electron chi connectivity index (χ3n) is 4.97. The molecule has 1 aromatic carbocycles. The molecule has 2 aliphatic heterocycles. The van der Waals surface area contributed by atoms with Gasteiger partial charge in [0.05, 0.1) is 17.6 Å². The average molecular weight is 288 g/mol. The van der Waals surface area contributed by atoms with Gasteiger partial charge in [-0.2, -0.15) is 0 Å². The quantitative estimate of drug-likeness (QED) is 0.871. The lowest BCUT2D eigenvalue weighted by atomic mass is 9.70. The second-order valence-corrected chi connectivity index (χ2v) is 6.28. The fourth-order valence-corrected chi connectivity index (χ4v) is 3.96. The lowest BCUT2D eigenvalue weighted by Crippen LogP contribution is -2.60. The SMILES string of the molecule is CCN1C(=O)[C@]2(CCCNC2)C[C@@H](O)[C@@H]1c1ccccc1. The number of aliphatic hydroxyl groups is 1. The predicted molar refractivity (Wildman–Crippen MR) is 81.7 cm³/mol. The van der Waals surface area contributed by atoms with Gasteiger partial charge in [-0.25, -0.2) is 0 Å². The number of aliphatic hydroxyl groups excluding tert-OH is 1. The van der Waals surface area contributed by atoms with Crippen molar-refractivity contribution in [3.63, 3.8) is 0 Å². The molecule has 0 bridgehead atoms. The number of likely N-dealkylation sites (N-methyl/N-ethyl adjacent to an activating group) is 1. The van der Waals surface area contributed by atoms with E-state index in [1.54, 1.807) is 0 Å². The van der Waals surface area contributed by atoms with Gasteiger partial charge in [0.1, 0.15) is 0 Å². The molecule has 1 amide bonds. The highest BCUT2D eigenvalue weighted by Gasteiger charge is 2.51. The number of carbonyl (C=O) groups is 1. The number of hydrogen-bond donors (Lipinski definition) is 2. The fraction of sp³-hybridized carbons (Fsp3) is 0.588. The molecule has 0 aliphatic carbocycles. The summed E-state index contributed by atoms with van der Waals surface area (Å²) in [6.07, 6.45) is 1.96. The monoisotopic (exact) mass is 288 g/mol. The Morgan fingerprint density at radius 2 is 2.14 bits per heavy atom. The van der Waals surface area contributed by atoms with E-state index in [1.165, 1.54) is 0 Å². The van der Waals surface area contributed by atoms with Gasteiger partial charge in [-0.3, -0.25) is 4.79 Å². The van der Waals surface area contributed by atoms with Crippen molar-refractivity contribution in [2.45, 2.75) is 38.3 Å². The molecular weight excluding hydrogens is 264 g/mol. The Morgan fingerprint density at radius 3 is 2.76 bits per heavy atom. The predicted octanol–water partition coefficient (Wildman–Crippen LogP) is 1.71. The van der Waals surface area contributed by atoms with Gasteiger partial charge in [-0.05, 0) is 38.3 Å². The smallest absolute Gasteiger partial charge is 0.230 e. The fourth-order valence-electron chi connectivity index (χ4n) is 3.96. The third-order valence-corrected chi connectivity index (χ3v) is 4.97. The van der Waals surface area contributed by atoms with Crippen molar-refractivity contribution >= 4 is 5.91 Å². The summed E-state index contributed by atoms with van der Waals surface area (Å²) in [5, 5.41) is 14.1. The second-order valence-electron chi connectivity index (χ2n) is 6.28. The summed E-state index contributed by atoms with van der Waals surface area (Å²) in [6, 6.07) is 9.68.